The third-order valence-corrected chi connectivity index (χ3v) is 7.10. The van der Waals surface area contributed by atoms with Crippen LogP contribution in [0.25, 0.3) is 5.65 Å². The molecule has 4 heterocycles. The molecule has 2 aliphatic rings. The molecule has 0 radical (unpaired) electrons. The van der Waals surface area contributed by atoms with Crippen LogP contribution in [0.4, 0.5) is 18.9 Å². The summed E-state index contributed by atoms with van der Waals surface area (Å²) in [7, 11) is 0. The Labute approximate surface area is 211 Å². The zero-order valence-electron chi connectivity index (χ0n) is 20.2. The molecule has 2 fully saturated rings. The van der Waals surface area contributed by atoms with E-state index in [4.69, 9.17) is 4.74 Å². The molecule has 1 amide bonds. The van der Waals surface area contributed by atoms with Gasteiger partial charge in [-0.3, -0.25) is 9.69 Å². The molecule has 0 bridgehead atoms. The van der Waals surface area contributed by atoms with Gasteiger partial charge in [0.1, 0.15) is 12.1 Å². The van der Waals surface area contributed by atoms with Gasteiger partial charge in [-0.15, -0.1) is 0 Å². The minimum absolute atomic E-state index is 0.0122. The van der Waals surface area contributed by atoms with Crippen molar-refractivity contribution in [1.82, 2.24) is 24.8 Å². The summed E-state index contributed by atoms with van der Waals surface area (Å²) in [6.45, 7) is 3.46. The third-order valence-electron chi connectivity index (χ3n) is 7.10. The number of carbonyl (C=O) groups is 1. The predicted octanol–water partition coefficient (Wildman–Crippen LogP) is 2.40. The third kappa shape index (κ3) is 5.41. The Bertz CT molecular complexity index is 1250. The Morgan fingerprint density at radius 1 is 1.24 bits per heavy atom. The number of piperidine rings is 1. The molecule has 1 unspecified atom stereocenters. The van der Waals surface area contributed by atoms with E-state index in [-0.39, 0.29) is 24.8 Å². The van der Waals surface area contributed by atoms with E-state index in [0.717, 1.165) is 44.2 Å². The van der Waals surface area contributed by atoms with Gasteiger partial charge in [0, 0.05) is 50.5 Å². The lowest BCUT2D eigenvalue weighted by Gasteiger charge is -2.42. The summed E-state index contributed by atoms with van der Waals surface area (Å²) in [5.74, 6) is -1.49. The lowest BCUT2D eigenvalue weighted by atomic mass is 10.0. The summed E-state index contributed by atoms with van der Waals surface area (Å²) in [5.41, 5.74) is 0.994. The number of fused-ring (bicyclic) bond motifs is 1. The molecule has 12 heteroatoms. The average Bonchev–Trinajstić information content (AvgIpc) is 3.40. The highest BCUT2D eigenvalue weighted by Crippen LogP contribution is 2.28. The Kier molecular flexibility index (Phi) is 7.58. The number of nitrogens with zero attached hydrogens (tertiary/aromatic N) is 5. The van der Waals surface area contributed by atoms with Crippen LogP contribution in [-0.4, -0.2) is 82.1 Å². The van der Waals surface area contributed by atoms with Gasteiger partial charge in [-0.25, -0.2) is 22.7 Å². The summed E-state index contributed by atoms with van der Waals surface area (Å²) < 4.78 is 47.5. The van der Waals surface area contributed by atoms with Crippen molar-refractivity contribution in [2.24, 2.45) is 0 Å². The number of halogens is 3. The Morgan fingerprint density at radius 3 is 2.81 bits per heavy atom. The fraction of sp³-hybridized carbons (Fsp3) is 0.480. The molecule has 9 nitrogen and oxygen atoms in total. The number of aromatic nitrogens is 3. The van der Waals surface area contributed by atoms with Crippen LogP contribution in [0, 0.1) is 5.82 Å². The van der Waals surface area contributed by atoms with E-state index in [1.807, 2.05) is 0 Å². The topological polar surface area (TPSA) is 95.2 Å². The number of amides is 1. The monoisotopic (exact) mass is 518 g/mol. The number of anilines is 1. The average molecular weight is 519 g/mol. The number of pyridine rings is 1. The number of aliphatic hydroxyl groups excluding tert-OH is 1. The number of carbonyl (C=O) groups excluding carboxylic acids is 1. The first kappa shape index (κ1) is 25.4. The van der Waals surface area contributed by atoms with Crippen molar-refractivity contribution in [1.29, 1.82) is 0 Å². The number of rotatable bonds is 7. The van der Waals surface area contributed by atoms with Gasteiger partial charge in [0.2, 0.25) is 0 Å². The van der Waals surface area contributed by atoms with E-state index < -0.39 is 23.7 Å². The van der Waals surface area contributed by atoms with Crippen LogP contribution in [0.15, 0.2) is 36.8 Å². The molecule has 0 spiro atoms. The normalized spacial score (nSPS) is 19.6. The molecule has 198 valence electrons. The SMILES string of the molecule is O=C(NCc1cccc(C(F)F)c1F)c1cc(N2CCC(N3CCOC(CO)C3)CC2)c2ncnn2c1. The molecule has 1 atom stereocenters. The molecule has 2 N–H and O–H groups in total. The van der Waals surface area contributed by atoms with Crippen molar-refractivity contribution in [2.75, 3.05) is 44.3 Å². The molecule has 0 aliphatic carbocycles. The molecule has 1 aromatic carbocycles. The second-order valence-corrected chi connectivity index (χ2v) is 9.33. The molecular formula is C25H29F3N6O3. The zero-order chi connectivity index (χ0) is 25.9. The maximum atomic E-state index is 14.4. The molecular weight excluding hydrogens is 489 g/mol. The highest BCUT2D eigenvalue weighted by molar-refractivity contribution is 5.96. The number of hydrogen-bond donors (Lipinski definition) is 2. The number of nitrogens with one attached hydrogen (secondary N) is 1. The zero-order valence-corrected chi connectivity index (χ0v) is 20.2. The predicted molar refractivity (Wildman–Crippen MR) is 129 cm³/mol. The van der Waals surface area contributed by atoms with Gasteiger partial charge in [-0.2, -0.15) is 5.10 Å². The smallest absolute Gasteiger partial charge is 0.266 e. The van der Waals surface area contributed by atoms with Crippen molar-refractivity contribution in [3.05, 3.63) is 59.3 Å². The Hall–Kier alpha value is -3.22. The fourth-order valence-electron chi connectivity index (χ4n) is 5.10. The standard InChI is InChI=1S/C25H29F3N6O3/c26-22-16(2-1-3-20(22)23(27)28)11-29-25(36)17-10-21(24-30-15-31-34(24)12-17)32-6-4-18(5-7-32)33-8-9-37-19(13-33)14-35/h1-3,10,12,15,18-19,23,35H,4-9,11,13-14H2,(H,29,36). The van der Waals surface area contributed by atoms with Gasteiger partial charge in [-0.1, -0.05) is 18.2 Å². The van der Waals surface area contributed by atoms with Gasteiger partial charge in [0.25, 0.3) is 12.3 Å². The van der Waals surface area contributed by atoms with Crippen LogP contribution in [0.2, 0.25) is 0 Å². The minimum Gasteiger partial charge on any atom is -0.394 e. The lowest BCUT2D eigenvalue weighted by Crippen LogP contribution is -2.52. The Morgan fingerprint density at radius 2 is 2.05 bits per heavy atom. The molecule has 2 saturated heterocycles. The van der Waals surface area contributed by atoms with Crippen LogP contribution < -0.4 is 10.2 Å². The van der Waals surface area contributed by atoms with Crippen molar-refractivity contribution in [2.45, 2.75) is 38.0 Å². The second-order valence-electron chi connectivity index (χ2n) is 9.33. The molecule has 2 aliphatic heterocycles. The van der Waals surface area contributed by atoms with Crippen molar-refractivity contribution >= 4 is 17.2 Å². The first-order valence-electron chi connectivity index (χ1n) is 12.3. The maximum absolute atomic E-state index is 14.4. The van der Waals surface area contributed by atoms with Crippen LogP contribution >= 0.6 is 0 Å². The van der Waals surface area contributed by atoms with Gasteiger partial charge in [0.05, 0.1) is 36.1 Å². The molecule has 0 saturated carbocycles. The van der Waals surface area contributed by atoms with E-state index in [9.17, 15) is 23.1 Å². The van der Waals surface area contributed by atoms with Gasteiger partial charge < -0.3 is 20.1 Å². The van der Waals surface area contributed by atoms with Gasteiger partial charge in [0.15, 0.2) is 5.65 Å². The van der Waals surface area contributed by atoms with E-state index in [1.165, 1.54) is 23.0 Å². The highest BCUT2D eigenvalue weighted by Gasteiger charge is 2.30. The lowest BCUT2D eigenvalue weighted by molar-refractivity contribution is -0.0671. The summed E-state index contributed by atoms with van der Waals surface area (Å²) in [5, 5.41) is 16.3. The number of alkyl halides is 2. The quantitative estimate of drug-likeness (QED) is 0.496. The molecule has 37 heavy (non-hydrogen) atoms. The number of aliphatic hydroxyl groups is 1. The van der Waals surface area contributed by atoms with E-state index >= 15 is 0 Å². The van der Waals surface area contributed by atoms with E-state index in [2.05, 4.69) is 25.2 Å². The first-order chi connectivity index (χ1) is 17.9. The van der Waals surface area contributed by atoms with Crippen LogP contribution in [0.3, 0.4) is 0 Å². The Balaban J connectivity index is 1.28. The first-order valence-corrected chi connectivity index (χ1v) is 12.3. The minimum atomic E-state index is -2.93. The van der Waals surface area contributed by atoms with Crippen LogP contribution in [0.1, 0.15) is 40.8 Å². The largest absolute Gasteiger partial charge is 0.394 e. The molecule has 2 aromatic heterocycles. The summed E-state index contributed by atoms with van der Waals surface area (Å²) in [6, 6.07) is 5.87. The second kappa shape index (κ2) is 11.0. The maximum Gasteiger partial charge on any atom is 0.266 e. The van der Waals surface area contributed by atoms with E-state index in [1.54, 1.807) is 12.3 Å². The summed E-state index contributed by atoms with van der Waals surface area (Å²) in [6.07, 6.45) is 1.70. The number of hydrogen-bond acceptors (Lipinski definition) is 7. The number of morpholine rings is 1. The number of ether oxygens (including phenoxy) is 1. The molecule has 5 rings (SSSR count). The van der Waals surface area contributed by atoms with Gasteiger partial charge in [-0.05, 0) is 18.9 Å². The molecule has 3 aromatic rings. The van der Waals surface area contributed by atoms with Crippen molar-refractivity contribution < 1.29 is 27.8 Å². The number of benzene rings is 1. The highest BCUT2D eigenvalue weighted by atomic mass is 19.3. The van der Waals surface area contributed by atoms with E-state index in [0.29, 0.717) is 30.4 Å². The summed E-state index contributed by atoms with van der Waals surface area (Å²) in [4.78, 5) is 21.9. The van der Waals surface area contributed by atoms with Crippen LogP contribution in [-0.2, 0) is 11.3 Å². The summed E-state index contributed by atoms with van der Waals surface area (Å²) >= 11 is 0. The van der Waals surface area contributed by atoms with Gasteiger partial charge >= 0.3 is 0 Å². The van der Waals surface area contributed by atoms with Crippen molar-refractivity contribution in [3.63, 3.8) is 0 Å². The van der Waals surface area contributed by atoms with Crippen LogP contribution in [0.5, 0.6) is 0 Å². The van der Waals surface area contributed by atoms with Crippen molar-refractivity contribution in [3.8, 4) is 0 Å². The fourth-order valence-corrected chi connectivity index (χ4v) is 5.10.